The monoisotopic (exact) mass is 245 g/mol. The van der Waals surface area contributed by atoms with E-state index in [2.05, 4.69) is 4.72 Å². The first-order valence-electron chi connectivity index (χ1n) is 3.95. The summed E-state index contributed by atoms with van der Waals surface area (Å²) in [5, 5.41) is 8.58. The van der Waals surface area contributed by atoms with Crippen molar-refractivity contribution in [1.82, 2.24) is 4.72 Å². The fourth-order valence-corrected chi connectivity index (χ4v) is 3.56. The van der Waals surface area contributed by atoms with E-state index in [1.165, 1.54) is 6.92 Å². The Kier molecular flexibility index (Phi) is 4.99. The molecule has 0 radical (unpaired) electrons. The molecule has 0 aliphatic carbocycles. The average Bonchev–Trinajstić information content (AvgIpc) is 1.99. The molecule has 86 valence electrons. The summed E-state index contributed by atoms with van der Waals surface area (Å²) < 4.78 is 45.8. The van der Waals surface area contributed by atoms with Crippen molar-refractivity contribution in [3.8, 4) is 0 Å². The zero-order valence-corrected chi connectivity index (χ0v) is 9.73. The zero-order valence-electron chi connectivity index (χ0n) is 8.10. The second-order valence-corrected chi connectivity index (χ2v) is 7.28. The van der Waals surface area contributed by atoms with Crippen LogP contribution in [0.3, 0.4) is 0 Å². The minimum atomic E-state index is -3.62. The molecule has 0 amide bonds. The van der Waals surface area contributed by atoms with E-state index in [-0.39, 0.29) is 6.61 Å². The fourth-order valence-electron chi connectivity index (χ4n) is 0.664. The predicted octanol–water partition coefficient (Wildman–Crippen LogP) is -1.67. The van der Waals surface area contributed by atoms with Crippen LogP contribution in [-0.4, -0.2) is 52.4 Å². The molecule has 8 heteroatoms. The second-order valence-electron chi connectivity index (χ2n) is 3.15. The minimum Gasteiger partial charge on any atom is -0.395 e. The summed E-state index contributed by atoms with van der Waals surface area (Å²) >= 11 is 0. The van der Waals surface area contributed by atoms with Crippen molar-refractivity contribution in [3.63, 3.8) is 0 Å². The van der Waals surface area contributed by atoms with Gasteiger partial charge in [0, 0.05) is 12.3 Å². The minimum absolute atomic E-state index is 0.321. The van der Waals surface area contributed by atoms with Gasteiger partial charge in [-0.1, -0.05) is 0 Å². The summed E-state index contributed by atoms with van der Waals surface area (Å²) in [7, 11) is -6.90. The van der Waals surface area contributed by atoms with E-state index < -0.39 is 37.4 Å². The molecule has 1 atom stereocenters. The van der Waals surface area contributed by atoms with Crippen LogP contribution in [-0.2, 0) is 19.9 Å². The first kappa shape index (κ1) is 13.8. The third kappa shape index (κ3) is 7.25. The van der Waals surface area contributed by atoms with Gasteiger partial charge in [0.15, 0.2) is 0 Å². The summed E-state index contributed by atoms with van der Waals surface area (Å²) in [6, 6.07) is -0.598. The normalized spacial score (nSPS) is 15.4. The van der Waals surface area contributed by atoms with E-state index in [1.807, 2.05) is 0 Å². The molecule has 0 aromatic rings. The van der Waals surface area contributed by atoms with Crippen molar-refractivity contribution in [3.05, 3.63) is 0 Å². The Morgan fingerprint density at radius 2 is 1.71 bits per heavy atom. The van der Waals surface area contributed by atoms with E-state index in [1.54, 1.807) is 0 Å². The molecule has 0 rings (SSSR count). The van der Waals surface area contributed by atoms with Crippen LogP contribution in [0.1, 0.15) is 6.92 Å². The number of hydrogen-bond acceptors (Lipinski definition) is 5. The van der Waals surface area contributed by atoms with Crippen LogP contribution in [0.15, 0.2) is 0 Å². The Bertz CT molecular complexity index is 358. The van der Waals surface area contributed by atoms with E-state index in [0.29, 0.717) is 0 Å². The van der Waals surface area contributed by atoms with Gasteiger partial charge in [-0.25, -0.2) is 21.6 Å². The van der Waals surface area contributed by atoms with Gasteiger partial charge < -0.3 is 5.11 Å². The molecule has 6 nitrogen and oxygen atoms in total. The van der Waals surface area contributed by atoms with Crippen molar-refractivity contribution in [2.45, 2.75) is 13.0 Å². The molecule has 0 bridgehead atoms. The van der Waals surface area contributed by atoms with Crippen molar-refractivity contribution in [1.29, 1.82) is 0 Å². The molecule has 0 saturated heterocycles. The number of aliphatic hydroxyl groups is 1. The van der Waals surface area contributed by atoms with E-state index in [4.69, 9.17) is 5.11 Å². The molecule has 0 heterocycles. The number of nitrogens with one attached hydrogen (secondary N) is 1. The molecule has 14 heavy (non-hydrogen) atoms. The summed E-state index contributed by atoms with van der Waals surface area (Å²) in [6.45, 7) is 1.16. The van der Waals surface area contributed by atoms with Crippen molar-refractivity contribution >= 4 is 19.9 Å². The fraction of sp³-hybridized carbons (Fsp3) is 1.00. The quantitative estimate of drug-likeness (QED) is 0.583. The topological polar surface area (TPSA) is 101 Å². The lowest BCUT2D eigenvalue weighted by Gasteiger charge is -2.10. The highest BCUT2D eigenvalue weighted by Gasteiger charge is 2.16. The molecule has 0 aliphatic heterocycles. The second kappa shape index (κ2) is 5.06. The summed E-state index contributed by atoms with van der Waals surface area (Å²) in [4.78, 5) is 0. The number of hydrogen-bond donors (Lipinski definition) is 2. The first-order chi connectivity index (χ1) is 6.16. The molecule has 0 aromatic carbocycles. The van der Waals surface area contributed by atoms with Gasteiger partial charge in [0.25, 0.3) is 0 Å². The number of sulfonamides is 1. The van der Waals surface area contributed by atoms with Crippen molar-refractivity contribution < 1.29 is 21.9 Å². The smallest absolute Gasteiger partial charge is 0.212 e. The van der Waals surface area contributed by atoms with Gasteiger partial charge in [-0.3, -0.25) is 0 Å². The van der Waals surface area contributed by atoms with Gasteiger partial charge >= 0.3 is 0 Å². The number of aliphatic hydroxyl groups excluding tert-OH is 1. The molecule has 0 aromatic heterocycles. The molecular weight excluding hydrogens is 230 g/mol. The van der Waals surface area contributed by atoms with Gasteiger partial charge in [0.05, 0.1) is 18.1 Å². The largest absolute Gasteiger partial charge is 0.395 e. The molecule has 0 aliphatic rings. The lowest BCUT2D eigenvalue weighted by molar-refractivity contribution is 0.265. The molecule has 0 fully saturated rings. The summed E-state index contributed by atoms with van der Waals surface area (Å²) in [6.07, 6.45) is 0.970. The van der Waals surface area contributed by atoms with E-state index >= 15 is 0 Å². The Hall–Kier alpha value is -0.180. The molecule has 2 N–H and O–H groups in total. The molecule has 0 unspecified atom stereocenters. The van der Waals surface area contributed by atoms with Crippen LogP contribution in [0.5, 0.6) is 0 Å². The first-order valence-corrected chi connectivity index (χ1v) is 7.66. The van der Waals surface area contributed by atoms with Crippen LogP contribution in [0.2, 0.25) is 0 Å². The Labute approximate surface area is 84.3 Å². The highest BCUT2D eigenvalue weighted by molar-refractivity contribution is 7.93. The molecular formula is C6H15NO5S2. The van der Waals surface area contributed by atoms with Crippen LogP contribution >= 0.6 is 0 Å². The van der Waals surface area contributed by atoms with Crippen LogP contribution in [0.25, 0.3) is 0 Å². The van der Waals surface area contributed by atoms with Gasteiger partial charge in [-0.15, -0.1) is 0 Å². The van der Waals surface area contributed by atoms with Crippen LogP contribution < -0.4 is 4.72 Å². The maximum atomic E-state index is 11.2. The third-order valence-electron chi connectivity index (χ3n) is 1.38. The maximum absolute atomic E-state index is 11.2. The number of sulfone groups is 1. The van der Waals surface area contributed by atoms with E-state index in [0.717, 1.165) is 6.26 Å². The Balaban J connectivity index is 4.24. The standard InChI is InChI=1S/C6H15NO5S2/c1-6(5-8)7-14(11,12)4-3-13(2,9)10/h6-8H,3-5H2,1-2H3/t6-/m0/s1. The highest BCUT2D eigenvalue weighted by atomic mass is 32.2. The van der Waals surface area contributed by atoms with Crippen LogP contribution in [0, 0.1) is 0 Å². The number of rotatable bonds is 6. The van der Waals surface area contributed by atoms with Crippen LogP contribution in [0.4, 0.5) is 0 Å². The van der Waals surface area contributed by atoms with Gasteiger partial charge in [-0.05, 0) is 6.92 Å². The average molecular weight is 245 g/mol. The van der Waals surface area contributed by atoms with Gasteiger partial charge in [-0.2, -0.15) is 0 Å². The molecule has 0 spiro atoms. The van der Waals surface area contributed by atoms with Crippen molar-refractivity contribution in [2.24, 2.45) is 0 Å². The van der Waals surface area contributed by atoms with E-state index in [9.17, 15) is 16.8 Å². The summed E-state index contributed by atoms with van der Waals surface area (Å²) in [5.41, 5.74) is 0. The predicted molar refractivity (Wildman–Crippen MR) is 53.2 cm³/mol. The Morgan fingerprint density at radius 1 is 1.21 bits per heavy atom. The van der Waals surface area contributed by atoms with Crippen molar-refractivity contribution in [2.75, 3.05) is 24.4 Å². The van der Waals surface area contributed by atoms with Gasteiger partial charge in [0.1, 0.15) is 9.84 Å². The lowest BCUT2D eigenvalue weighted by atomic mass is 10.4. The summed E-state index contributed by atoms with van der Waals surface area (Å²) in [5.74, 6) is -0.892. The molecule has 0 saturated carbocycles. The third-order valence-corrected chi connectivity index (χ3v) is 4.08. The zero-order chi connectivity index (χ0) is 11.4. The maximum Gasteiger partial charge on any atom is 0.212 e. The Morgan fingerprint density at radius 3 is 2.07 bits per heavy atom. The van der Waals surface area contributed by atoms with Gasteiger partial charge in [0.2, 0.25) is 10.0 Å². The highest BCUT2D eigenvalue weighted by Crippen LogP contribution is 1.92. The SMILES string of the molecule is C[C@@H](CO)NS(=O)(=O)CCS(C)(=O)=O. The lowest BCUT2D eigenvalue weighted by Crippen LogP contribution is -2.38.